The molecule has 0 amide bonds. The summed E-state index contributed by atoms with van der Waals surface area (Å²) in [5, 5.41) is 0. The number of hydrogen-bond acceptors (Lipinski definition) is 3. The smallest absolute Gasteiger partial charge is 0.363 e. The fourth-order valence-electron chi connectivity index (χ4n) is 2.37. The van der Waals surface area contributed by atoms with Crippen molar-refractivity contribution in [3.63, 3.8) is 0 Å². The van der Waals surface area contributed by atoms with Gasteiger partial charge in [-0.25, -0.2) is 9.79 Å². The lowest BCUT2D eigenvalue weighted by Crippen LogP contribution is -2.05. The number of aryl methyl sites for hydroxylation is 2. The Labute approximate surface area is 130 Å². The minimum atomic E-state index is -0.371. The number of esters is 1. The Bertz CT molecular complexity index is 745. The van der Waals surface area contributed by atoms with Gasteiger partial charge in [0, 0.05) is 6.42 Å². The predicted molar refractivity (Wildman–Crippen MR) is 87.4 cm³/mol. The molecular weight excluding hydrogens is 274 g/mol. The van der Waals surface area contributed by atoms with Crippen LogP contribution in [0.15, 0.2) is 65.3 Å². The van der Waals surface area contributed by atoms with Gasteiger partial charge in [0.05, 0.1) is 0 Å². The normalized spacial score (nSPS) is 15.8. The van der Waals surface area contributed by atoms with E-state index >= 15 is 0 Å². The number of hydrogen-bond donors (Lipinski definition) is 0. The van der Waals surface area contributed by atoms with Gasteiger partial charge in [-0.15, -0.1) is 0 Å². The van der Waals surface area contributed by atoms with Crippen molar-refractivity contribution in [3.8, 4) is 0 Å². The van der Waals surface area contributed by atoms with Crippen LogP contribution in [0.2, 0.25) is 0 Å². The third-order valence-electron chi connectivity index (χ3n) is 3.48. The molecule has 22 heavy (non-hydrogen) atoms. The zero-order valence-electron chi connectivity index (χ0n) is 12.5. The van der Waals surface area contributed by atoms with E-state index in [1.165, 1.54) is 5.56 Å². The van der Waals surface area contributed by atoms with E-state index in [1.54, 1.807) is 6.08 Å². The van der Waals surface area contributed by atoms with Crippen molar-refractivity contribution in [1.82, 2.24) is 0 Å². The highest BCUT2D eigenvalue weighted by Gasteiger charge is 2.22. The van der Waals surface area contributed by atoms with Crippen LogP contribution >= 0.6 is 0 Å². The molecule has 3 nitrogen and oxygen atoms in total. The van der Waals surface area contributed by atoms with Crippen molar-refractivity contribution < 1.29 is 9.53 Å². The second kappa shape index (κ2) is 6.39. The molecule has 0 saturated carbocycles. The second-order valence-corrected chi connectivity index (χ2v) is 5.32. The largest absolute Gasteiger partial charge is 0.407 e. The number of carbonyl (C=O) groups excluding carboxylic acids is 1. The molecule has 1 aliphatic rings. The number of ether oxygens (including phenoxy) is 1. The second-order valence-electron chi connectivity index (χ2n) is 5.32. The van der Waals surface area contributed by atoms with E-state index in [9.17, 15) is 4.79 Å². The fourth-order valence-corrected chi connectivity index (χ4v) is 2.37. The Morgan fingerprint density at radius 1 is 1.05 bits per heavy atom. The number of cyclic esters (lactones) is 1. The van der Waals surface area contributed by atoms with Crippen LogP contribution in [0.25, 0.3) is 6.08 Å². The zero-order chi connectivity index (χ0) is 15.4. The van der Waals surface area contributed by atoms with Gasteiger partial charge in [0.2, 0.25) is 0 Å². The van der Waals surface area contributed by atoms with Gasteiger partial charge in [-0.2, -0.15) is 0 Å². The topological polar surface area (TPSA) is 38.7 Å². The first-order chi connectivity index (χ1) is 10.7. The average Bonchev–Trinajstić information content (AvgIpc) is 2.86. The lowest BCUT2D eigenvalue weighted by molar-refractivity contribution is -0.130. The van der Waals surface area contributed by atoms with Gasteiger partial charge in [-0.3, -0.25) is 0 Å². The van der Waals surface area contributed by atoms with Crippen LogP contribution in [-0.4, -0.2) is 11.9 Å². The summed E-state index contributed by atoms with van der Waals surface area (Å²) < 4.78 is 5.24. The maximum atomic E-state index is 11.9. The van der Waals surface area contributed by atoms with Crippen molar-refractivity contribution in [2.75, 3.05) is 0 Å². The summed E-state index contributed by atoms with van der Waals surface area (Å²) in [5.41, 5.74) is 3.68. The molecule has 0 unspecified atom stereocenters. The minimum Gasteiger partial charge on any atom is -0.407 e. The summed E-state index contributed by atoms with van der Waals surface area (Å²) in [6.07, 6.45) is 3.20. The molecule has 0 fully saturated rings. The Kier molecular flexibility index (Phi) is 4.15. The van der Waals surface area contributed by atoms with Crippen molar-refractivity contribution in [2.45, 2.75) is 19.8 Å². The van der Waals surface area contributed by atoms with Crippen LogP contribution in [0.4, 0.5) is 0 Å². The quantitative estimate of drug-likeness (QED) is 0.632. The Hall–Kier alpha value is -2.68. The molecular formula is C19H17NO2. The van der Waals surface area contributed by atoms with E-state index in [4.69, 9.17) is 4.74 Å². The molecule has 110 valence electrons. The van der Waals surface area contributed by atoms with Crippen molar-refractivity contribution in [1.29, 1.82) is 0 Å². The van der Waals surface area contributed by atoms with Crippen LogP contribution in [0.1, 0.15) is 23.1 Å². The highest BCUT2D eigenvalue weighted by molar-refractivity contribution is 6.07. The third-order valence-corrected chi connectivity index (χ3v) is 3.48. The zero-order valence-corrected chi connectivity index (χ0v) is 12.5. The Morgan fingerprint density at radius 3 is 2.64 bits per heavy atom. The molecule has 0 bridgehead atoms. The van der Waals surface area contributed by atoms with E-state index in [0.29, 0.717) is 18.0 Å². The summed E-state index contributed by atoms with van der Waals surface area (Å²) in [6.45, 7) is 2.02. The van der Waals surface area contributed by atoms with Gasteiger partial charge in [-0.05, 0) is 30.5 Å². The van der Waals surface area contributed by atoms with Gasteiger partial charge in [-0.1, -0.05) is 60.2 Å². The number of nitrogens with zero attached hydrogens (tertiary/aromatic N) is 1. The molecule has 0 aliphatic carbocycles. The molecule has 0 saturated heterocycles. The van der Waals surface area contributed by atoms with Crippen LogP contribution in [0.3, 0.4) is 0 Å². The lowest BCUT2D eigenvalue weighted by Gasteiger charge is -1.99. The van der Waals surface area contributed by atoms with E-state index in [2.05, 4.69) is 17.1 Å². The van der Waals surface area contributed by atoms with E-state index < -0.39 is 0 Å². The minimum absolute atomic E-state index is 0.369. The molecule has 1 aliphatic heterocycles. The first kappa shape index (κ1) is 14.3. The maximum absolute atomic E-state index is 11.9. The van der Waals surface area contributed by atoms with E-state index in [-0.39, 0.29) is 5.97 Å². The Balaban J connectivity index is 1.71. The standard InChI is InChI=1S/C19H17NO2/c1-14-6-5-9-16(12-14)13-17-19(21)22-18(20-17)11-10-15-7-3-2-4-8-15/h2-9,12-13H,10-11H2,1H3/b17-13+. The van der Waals surface area contributed by atoms with Crippen molar-refractivity contribution in [3.05, 3.63) is 77.0 Å². The number of carbonyl (C=O) groups is 1. The van der Waals surface area contributed by atoms with Crippen LogP contribution in [0, 0.1) is 6.92 Å². The summed E-state index contributed by atoms with van der Waals surface area (Å²) in [6, 6.07) is 18.0. The molecule has 3 heteroatoms. The Morgan fingerprint density at radius 2 is 1.86 bits per heavy atom. The van der Waals surface area contributed by atoms with Gasteiger partial charge in [0.25, 0.3) is 0 Å². The van der Waals surface area contributed by atoms with Gasteiger partial charge < -0.3 is 4.74 Å². The van der Waals surface area contributed by atoms with Crippen LogP contribution in [0.5, 0.6) is 0 Å². The molecule has 2 aromatic carbocycles. The van der Waals surface area contributed by atoms with Gasteiger partial charge in [0.1, 0.15) is 0 Å². The van der Waals surface area contributed by atoms with Crippen LogP contribution in [-0.2, 0) is 16.0 Å². The molecule has 0 aromatic heterocycles. The first-order valence-corrected chi connectivity index (χ1v) is 7.33. The molecule has 0 N–H and O–H groups in total. The maximum Gasteiger partial charge on any atom is 0.363 e. The summed E-state index contributed by atoms with van der Waals surface area (Å²) in [5.74, 6) is 0.123. The van der Waals surface area contributed by atoms with E-state index in [1.807, 2.05) is 49.4 Å². The van der Waals surface area contributed by atoms with Crippen molar-refractivity contribution in [2.24, 2.45) is 4.99 Å². The van der Waals surface area contributed by atoms with E-state index in [0.717, 1.165) is 17.5 Å². The lowest BCUT2D eigenvalue weighted by atomic mass is 10.1. The highest BCUT2D eigenvalue weighted by Crippen LogP contribution is 2.18. The monoisotopic (exact) mass is 291 g/mol. The molecule has 0 spiro atoms. The molecule has 2 aromatic rings. The fraction of sp³-hybridized carbons (Fsp3) is 0.158. The predicted octanol–water partition coefficient (Wildman–Crippen LogP) is 3.92. The third kappa shape index (κ3) is 3.50. The number of benzene rings is 2. The van der Waals surface area contributed by atoms with Crippen molar-refractivity contribution >= 4 is 17.9 Å². The van der Waals surface area contributed by atoms with Crippen LogP contribution < -0.4 is 0 Å². The summed E-state index contributed by atoms with van der Waals surface area (Å²) in [7, 11) is 0. The SMILES string of the molecule is Cc1cccc(/C=C2/N=C(CCc3ccccc3)OC2=O)c1. The number of rotatable bonds is 4. The molecule has 0 atom stereocenters. The first-order valence-electron chi connectivity index (χ1n) is 7.33. The molecule has 0 radical (unpaired) electrons. The number of aliphatic imine (C=N–C) groups is 1. The molecule has 3 rings (SSSR count). The van der Waals surface area contributed by atoms with Gasteiger partial charge >= 0.3 is 5.97 Å². The average molecular weight is 291 g/mol. The summed E-state index contributed by atoms with van der Waals surface area (Å²) in [4.78, 5) is 16.2. The molecule has 1 heterocycles. The summed E-state index contributed by atoms with van der Waals surface area (Å²) >= 11 is 0. The van der Waals surface area contributed by atoms with Gasteiger partial charge in [0.15, 0.2) is 11.6 Å². The highest BCUT2D eigenvalue weighted by atomic mass is 16.6.